The molecule has 0 spiro atoms. The Hall–Kier alpha value is -3.87. The van der Waals surface area contributed by atoms with Gasteiger partial charge >= 0.3 is 6.18 Å². The lowest BCUT2D eigenvalue weighted by molar-refractivity contribution is -0.137. The number of benzene rings is 2. The third-order valence-corrected chi connectivity index (χ3v) is 5.35. The lowest BCUT2D eigenvalue weighted by Crippen LogP contribution is -2.50. The van der Waals surface area contributed by atoms with Crippen LogP contribution in [0.1, 0.15) is 43.9 Å². The Labute approximate surface area is 188 Å². The first-order chi connectivity index (χ1) is 15.5. The first-order valence-electron chi connectivity index (χ1n) is 10.1. The normalized spacial score (nSPS) is 17.8. The van der Waals surface area contributed by atoms with E-state index in [-0.39, 0.29) is 18.0 Å². The van der Waals surface area contributed by atoms with Gasteiger partial charge in [-0.2, -0.15) is 23.5 Å². The molecule has 1 aliphatic heterocycles. The second kappa shape index (κ2) is 8.94. The molecule has 0 saturated carbocycles. The van der Waals surface area contributed by atoms with Gasteiger partial charge in [0.15, 0.2) is 0 Å². The molecule has 1 aliphatic rings. The van der Waals surface area contributed by atoms with Crippen molar-refractivity contribution < 1.29 is 22.8 Å². The van der Waals surface area contributed by atoms with E-state index in [9.17, 15) is 22.8 Å². The van der Waals surface area contributed by atoms with Crippen LogP contribution in [0.2, 0.25) is 0 Å². The standard InChI is InChI=1S/C23H22F3N5O2/c1-4-31-22(3,12-20(30-31)15-5-8-17(9-6-15)28-14(2)32)21(33)29-18-10-7-16(13-27)19(11-18)23(24,25)26/h5-11H,4,12H2,1-3H3,(H,28,32)(H,29,33). The van der Waals surface area contributed by atoms with Crippen LogP contribution in [0.5, 0.6) is 0 Å². The predicted molar refractivity (Wildman–Crippen MR) is 117 cm³/mol. The fourth-order valence-electron chi connectivity index (χ4n) is 3.65. The number of alkyl halides is 3. The molecule has 1 heterocycles. The van der Waals surface area contributed by atoms with Crippen LogP contribution in [-0.4, -0.2) is 34.6 Å². The minimum Gasteiger partial charge on any atom is -0.326 e. The minimum absolute atomic E-state index is 0.0586. The van der Waals surface area contributed by atoms with Gasteiger partial charge in [-0.25, -0.2) is 0 Å². The van der Waals surface area contributed by atoms with Crippen molar-refractivity contribution >= 4 is 28.9 Å². The molecule has 0 aliphatic carbocycles. The van der Waals surface area contributed by atoms with E-state index in [2.05, 4.69) is 15.7 Å². The number of halogens is 3. The van der Waals surface area contributed by atoms with Crippen LogP contribution < -0.4 is 10.6 Å². The Morgan fingerprint density at radius 3 is 2.33 bits per heavy atom. The number of hydrazone groups is 1. The van der Waals surface area contributed by atoms with Gasteiger partial charge in [-0.3, -0.25) is 14.6 Å². The molecule has 2 aromatic carbocycles. The van der Waals surface area contributed by atoms with Crippen LogP contribution in [0.15, 0.2) is 47.6 Å². The summed E-state index contributed by atoms with van der Waals surface area (Å²) in [6.45, 7) is 5.30. The third kappa shape index (κ3) is 4.98. The first-order valence-corrected chi connectivity index (χ1v) is 10.1. The Kier molecular flexibility index (Phi) is 6.44. The second-order valence-corrected chi connectivity index (χ2v) is 7.80. The van der Waals surface area contributed by atoms with Crippen molar-refractivity contribution in [1.29, 1.82) is 5.26 Å². The van der Waals surface area contributed by atoms with E-state index in [4.69, 9.17) is 5.26 Å². The van der Waals surface area contributed by atoms with Crippen molar-refractivity contribution in [2.45, 2.75) is 38.9 Å². The van der Waals surface area contributed by atoms with Crippen molar-refractivity contribution in [3.8, 4) is 6.07 Å². The lowest BCUT2D eigenvalue weighted by atomic mass is 9.91. The maximum atomic E-state index is 13.3. The summed E-state index contributed by atoms with van der Waals surface area (Å²) >= 11 is 0. The van der Waals surface area contributed by atoms with Gasteiger partial charge in [0, 0.05) is 31.3 Å². The summed E-state index contributed by atoms with van der Waals surface area (Å²) in [4.78, 5) is 24.3. The monoisotopic (exact) mass is 457 g/mol. The summed E-state index contributed by atoms with van der Waals surface area (Å²) in [5.41, 5.74) is -0.793. The predicted octanol–water partition coefficient (Wildman–Crippen LogP) is 4.36. The van der Waals surface area contributed by atoms with Gasteiger partial charge in [0.25, 0.3) is 5.91 Å². The number of rotatable bonds is 5. The van der Waals surface area contributed by atoms with Gasteiger partial charge in [0.1, 0.15) is 5.54 Å². The van der Waals surface area contributed by atoms with Crippen molar-refractivity contribution in [3.63, 3.8) is 0 Å². The van der Waals surface area contributed by atoms with Gasteiger partial charge in [-0.15, -0.1) is 0 Å². The number of likely N-dealkylation sites (N-methyl/N-ethyl adjacent to an activating group) is 1. The number of hydrogen-bond acceptors (Lipinski definition) is 5. The van der Waals surface area contributed by atoms with Crippen LogP contribution >= 0.6 is 0 Å². The number of amides is 2. The van der Waals surface area contributed by atoms with Crippen molar-refractivity contribution in [3.05, 3.63) is 59.2 Å². The van der Waals surface area contributed by atoms with E-state index < -0.39 is 28.7 Å². The molecule has 0 aromatic heterocycles. The molecule has 2 N–H and O–H groups in total. The molecule has 10 heteroatoms. The van der Waals surface area contributed by atoms with Gasteiger partial charge in [-0.05, 0) is 49.7 Å². The largest absolute Gasteiger partial charge is 0.417 e. The molecular weight excluding hydrogens is 435 g/mol. The van der Waals surface area contributed by atoms with Crippen LogP contribution in [0.4, 0.5) is 24.5 Å². The van der Waals surface area contributed by atoms with Gasteiger partial charge in [-0.1, -0.05) is 12.1 Å². The molecular formula is C23H22F3N5O2. The van der Waals surface area contributed by atoms with Crippen LogP contribution in [0, 0.1) is 11.3 Å². The van der Waals surface area contributed by atoms with Crippen molar-refractivity contribution in [1.82, 2.24) is 5.01 Å². The number of carbonyl (C=O) groups is 2. The molecule has 0 fully saturated rings. The average Bonchev–Trinajstić information content (AvgIpc) is 3.11. The van der Waals surface area contributed by atoms with E-state index in [0.717, 1.165) is 17.7 Å². The van der Waals surface area contributed by atoms with Gasteiger partial charge < -0.3 is 10.6 Å². The summed E-state index contributed by atoms with van der Waals surface area (Å²) < 4.78 is 39.8. The first kappa shape index (κ1) is 23.8. The Bertz CT molecular complexity index is 1150. The number of carbonyl (C=O) groups excluding carboxylic acids is 2. The molecule has 0 radical (unpaired) electrons. The summed E-state index contributed by atoms with van der Waals surface area (Å²) in [6, 6.07) is 11.6. The fraction of sp³-hybridized carbons (Fsp3) is 0.304. The van der Waals surface area contributed by atoms with Crippen LogP contribution in [0.25, 0.3) is 0 Å². The highest BCUT2D eigenvalue weighted by Gasteiger charge is 2.44. The Morgan fingerprint density at radius 2 is 1.79 bits per heavy atom. The fourth-order valence-corrected chi connectivity index (χ4v) is 3.65. The highest BCUT2D eigenvalue weighted by atomic mass is 19.4. The summed E-state index contributed by atoms with van der Waals surface area (Å²) in [5.74, 6) is -0.713. The zero-order chi connectivity index (χ0) is 24.4. The number of nitriles is 1. The molecule has 3 rings (SSSR count). The topological polar surface area (TPSA) is 97.6 Å². The van der Waals surface area contributed by atoms with E-state index in [1.807, 2.05) is 6.92 Å². The van der Waals surface area contributed by atoms with Gasteiger partial charge in [0.2, 0.25) is 5.91 Å². The Balaban J connectivity index is 1.82. The van der Waals surface area contributed by atoms with E-state index >= 15 is 0 Å². The maximum Gasteiger partial charge on any atom is 0.417 e. The molecule has 7 nitrogen and oxygen atoms in total. The molecule has 0 bridgehead atoms. The SMILES string of the molecule is CCN1N=C(c2ccc(NC(C)=O)cc2)CC1(C)C(=O)Nc1ccc(C#N)c(C(F)(F)F)c1. The quantitative estimate of drug-likeness (QED) is 0.697. The summed E-state index contributed by atoms with van der Waals surface area (Å²) in [5, 5.41) is 20.3. The summed E-state index contributed by atoms with van der Waals surface area (Å²) in [7, 11) is 0. The zero-order valence-electron chi connectivity index (χ0n) is 18.2. The number of anilines is 2. The Morgan fingerprint density at radius 1 is 1.15 bits per heavy atom. The number of nitrogens with zero attached hydrogens (tertiary/aromatic N) is 3. The van der Waals surface area contributed by atoms with Crippen LogP contribution in [-0.2, 0) is 15.8 Å². The summed E-state index contributed by atoms with van der Waals surface area (Å²) in [6.07, 6.45) is -4.49. The van der Waals surface area contributed by atoms with E-state index in [1.165, 1.54) is 19.1 Å². The lowest BCUT2D eigenvalue weighted by Gasteiger charge is -2.32. The highest BCUT2D eigenvalue weighted by Crippen LogP contribution is 2.35. The smallest absolute Gasteiger partial charge is 0.326 e. The zero-order valence-corrected chi connectivity index (χ0v) is 18.2. The second-order valence-electron chi connectivity index (χ2n) is 7.80. The van der Waals surface area contributed by atoms with Crippen molar-refractivity contribution in [2.75, 3.05) is 17.2 Å². The average molecular weight is 457 g/mol. The van der Waals surface area contributed by atoms with Gasteiger partial charge in [0.05, 0.1) is 22.9 Å². The molecule has 172 valence electrons. The molecule has 1 atom stereocenters. The number of nitrogens with one attached hydrogen (secondary N) is 2. The van der Waals surface area contributed by atoms with Crippen LogP contribution in [0.3, 0.4) is 0 Å². The molecule has 2 amide bonds. The number of hydrogen-bond donors (Lipinski definition) is 2. The molecule has 1 unspecified atom stereocenters. The molecule has 33 heavy (non-hydrogen) atoms. The maximum absolute atomic E-state index is 13.3. The van der Waals surface area contributed by atoms with E-state index in [1.54, 1.807) is 36.2 Å². The van der Waals surface area contributed by atoms with E-state index in [0.29, 0.717) is 17.9 Å². The highest BCUT2D eigenvalue weighted by molar-refractivity contribution is 6.09. The molecule has 0 saturated heterocycles. The third-order valence-electron chi connectivity index (χ3n) is 5.35. The minimum atomic E-state index is -4.72. The van der Waals surface area contributed by atoms with Crippen molar-refractivity contribution in [2.24, 2.45) is 5.10 Å². The molecule has 2 aromatic rings.